The minimum absolute atomic E-state index is 0.0376. The average Bonchev–Trinajstić information content (AvgIpc) is 2.62. The van der Waals surface area contributed by atoms with Crippen molar-refractivity contribution in [2.75, 3.05) is 17.7 Å². The van der Waals surface area contributed by atoms with Crippen molar-refractivity contribution in [3.05, 3.63) is 41.1 Å². The summed E-state index contributed by atoms with van der Waals surface area (Å²) in [5, 5.41) is 2.89. The highest BCUT2D eigenvalue weighted by atomic mass is 32.2. The largest absolute Gasteiger partial charge is 0.462 e. The summed E-state index contributed by atoms with van der Waals surface area (Å²) >= 11 is 1.21. The average molecular weight is 388 g/mol. The van der Waals surface area contributed by atoms with Gasteiger partial charge >= 0.3 is 5.97 Å². The Morgan fingerprint density at radius 1 is 1.30 bits per heavy atom. The Balaban J connectivity index is 2.10. The van der Waals surface area contributed by atoms with Crippen LogP contribution in [0, 0.1) is 13.8 Å². The van der Waals surface area contributed by atoms with Crippen molar-refractivity contribution in [3.8, 4) is 0 Å². The molecule has 7 nitrogen and oxygen atoms in total. The molecule has 0 saturated carbocycles. The molecule has 144 valence electrons. The normalized spacial score (nSPS) is 11.7. The molecular weight excluding hydrogens is 364 g/mol. The fourth-order valence-corrected chi connectivity index (χ4v) is 3.27. The maximum Gasteiger partial charge on any atom is 0.343 e. The number of nitrogens with one attached hydrogen (secondary N) is 1. The number of nitrogens with two attached hydrogens (primary N) is 1. The third-order valence-electron chi connectivity index (χ3n) is 3.84. The lowest BCUT2D eigenvalue weighted by Crippen LogP contribution is -2.25. The Morgan fingerprint density at radius 2 is 2.04 bits per heavy atom. The van der Waals surface area contributed by atoms with Gasteiger partial charge in [0.25, 0.3) is 0 Å². The van der Waals surface area contributed by atoms with E-state index in [1.807, 2.05) is 39.0 Å². The fourth-order valence-electron chi connectivity index (χ4n) is 2.42. The summed E-state index contributed by atoms with van der Waals surface area (Å²) < 4.78 is 4.91. The van der Waals surface area contributed by atoms with E-state index in [4.69, 9.17) is 10.5 Å². The molecule has 1 aromatic carbocycles. The highest BCUT2D eigenvalue weighted by Gasteiger charge is 2.21. The first-order valence-electron chi connectivity index (χ1n) is 8.70. The number of benzene rings is 1. The first-order chi connectivity index (χ1) is 12.8. The van der Waals surface area contributed by atoms with Gasteiger partial charge in [-0.25, -0.2) is 14.8 Å². The van der Waals surface area contributed by atoms with Gasteiger partial charge in [-0.05, 0) is 38.8 Å². The summed E-state index contributed by atoms with van der Waals surface area (Å²) in [5.74, 6) is -0.659. The van der Waals surface area contributed by atoms with E-state index in [-0.39, 0.29) is 23.9 Å². The van der Waals surface area contributed by atoms with E-state index in [0.717, 1.165) is 16.8 Å². The van der Waals surface area contributed by atoms with E-state index in [9.17, 15) is 9.59 Å². The molecule has 2 rings (SSSR count). The van der Waals surface area contributed by atoms with Crippen LogP contribution in [-0.2, 0) is 9.53 Å². The zero-order chi connectivity index (χ0) is 20.0. The molecule has 1 atom stereocenters. The number of carbonyl (C=O) groups is 2. The summed E-state index contributed by atoms with van der Waals surface area (Å²) in [4.78, 5) is 32.7. The Bertz CT molecular complexity index is 842. The maximum absolute atomic E-state index is 12.6. The van der Waals surface area contributed by atoms with Gasteiger partial charge in [-0.15, -0.1) is 0 Å². The van der Waals surface area contributed by atoms with E-state index in [0.29, 0.717) is 11.6 Å². The second-order valence-electron chi connectivity index (χ2n) is 5.99. The molecule has 27 heavy (non-hydrogen) atoms. The molecule has 0 fully saturated rings. The molecule has 3 N–H and O–H groups in total. The second kappa shape index (κ2) is 9.36. The van der Waals surface area contributed by atoms with Crippen molar-refractivity contribution < 1.29 is 14.3 Å². The molecule has 1 aromatic heterocycles. The number of aryl methyl sites for hydroxylation is 2. The third kappa shape index (κ3) is 5.43. The van der Waals surface area contributed by atoms with Crippen LogP contribution in [0.5, 0.6) is 0 Å². The molecule has 0 aliphatic rings. The minimum Gasteiger partial charge on any atom is -0.462 e. The van der Waals surface area contributed by atoms with Gasteiger partial charge < -0.3 is 15.8 Å². The number of esters is 1. The van der Waals surface area contributed by atoms with Gasteiger partial charge in [0.2, 0.25) is 5.91 Å². The number of carbonyl (C=O) groups excluding carboxylic acids is 2. The third-order valence-corrected chi connectivity index (χ3v) is 5.08. The molecule has 1 heterocycles. The van der Waals surface area contributed by atoms with E-state index in [1.165, 1.54) is 18.0 Å². The van der Waals surface area contributed by atoms with Crippen molar-refractivity contribution in [2.45, 2.75) is 44.5 Å². The fraction of sp³-hybridized carbons (Fsp3) is 0.368. The van der Waals surface area contributed by atoms with Crippen LogP contribution in [0.4, 0.5) is 11.5 Å². The van der Waals surface area contributed by atoms with Gasteiger partial charge in [-0.1, -0.05) is 36.4 Å². The van der Waals surface area contributed by atoms with Gasteiger partial charge in [0.05, 0.1) is 11.9 Å². The number of nitrogens with zero attached hydrogens (tertiary/aromatic N) is 2. The van der Waals surface area contributed by atoms with Crippen molar-refractivity contribution in [3.63, 3.8) is 0 Å². The Kier molecular flexibility index (Phi) is 7.18. The van der Waals surface area contributed by atoms with E-state index in [2.05, 4.69) is 15.3 Å². The van der Waals surface area contributed by atoms with Gasteiger partial charge in [-0.3, -0.25) is 4.79 Å². The first kappa shape index (κ1) is 20.7. The van der Waals surface area contributed by atoms with E-state index >= 15 is 0 Å². The molecule has 0 spiro atoms. The predicted octanol–water partition coefficient (Wildman–Crippen LogP) is 3.36. The summed E-state index contributed by atoms with van der Waals surface area (Å²) in [6.07, 6.45) is 1.92. The lowest BCUT2D eigenvalue weighted by atomic mass is 10.1. The van der Waals surface area contributed by atoms with Gasteiger partial charge in [0.15, 0.2) is 5.16 Å². The quantitative estimate of drug-likeness (QED) is 0.425. The number of rotatable bonds is 7. The molecule has 0 aliphatic heterocycles. The van der Waals surface area contributed by atoms with Crippen molar-refractivity contribution in [1.29, 1.82) is 0 Å². The van der Waals surface area contributed by atoms with Crippen molar-refractivity contribution in [1.82, 2.24) is 9.97 Å². The van der Waals surface area contributed by atoms with Crippen LogP contribution in [0.2, 0.25) is 0 Å². The number of ether oxygens (including phenoxy) is 1. The van der Waals surface area contributed by atoms with Crippen molar-refractivity contribution >= 4 is 35.1 Å². The lowest BCUT2D eigenvalue weighted by Gasteiger charge is -2.15. The van der Waals surface area contributed by atoms with Crippen LogP contribution >= 0.6 is 11.8 Å². The van der Waals surface area contributed by atoms with E-state index < -0.39 is 11.2 Å². The zero-order valence-electron chi connectivity index (χ0n) is 15.9. The number of aromatic nitrogens is 2. The molecule has 0 saturated heterocycles. The van der Waals surface area contributed by atoms with Gasteiger partial charge in [0.1, 0.15) is 11.4 Å². The number of hydrogen-bond acceptors (Lipinski definition) is 7. The molecule has 0 bridgehead atoms. The molecular formula is C19H24N4O3S. The Morgan fingerprint density at radius 3 is 2.63 bits per heavy atom. The monoisotopic (exact) mass is 388 g/mol. The van der Waals surface area contributed by atoms with Crippen LogP contribution in [0.25, 0.3) is 0 Å². The lowest BCUT2D eigenvalue weighted by molar-refractivity contribution is -0.115. The maximum atomic E-state index is 12.6. The van der Waals surface area contributed by atoms with Crippen LogP contribution in [0.1, 0.15) is 41.8 Å². The molecule has 1 amide bonds. The summed E-state index contributed by atoms with van der Waals surface area (Å²) in [6, 6.07) is 5.86. The number of nitrogen functional groups attached to an aromatic ring is 1. The standard InChI is InChI=1S/C19H24N4O3S/c1-5-15(17(24)22-14-8-7-11(3)9-12(14)4)27-19-21-10-13(16(20)23-19)18(25)26-6-2/h7-10,15H,5-6H2,1-4H3,(H,22,24)(H2,20,21,23)/t15-/m1/s1. The molecule has 2 aromatic rings. The Hall–Kier alpha value is -2.61. The zero-order valence-corrected chi connectivity index (χ0v) is 16.7. The van der Waals surface area contributed by atoms with Crippen molar-refractivity contribution in [2.24, 2.45) is 0 Å². The molecule has 8 heteroatoms. The number of thioether (sulfide) groups is 1. The van der Waals surface area contributed by atoms with Gasteiger partial charge in [0, 0.05) is 11.9 Å². The van der Waals surface area contributed by atoms with Crippen LogP contribution in [-0.4, -0.2) is 33.7 Å². The minimum atomic E-state index is -0.564. The second-order valence-corrected chi connectivity index (χ2v) is 7.16. The number of amides is 1. The van der Waals surface area contributed by atoms with E-state index in [1.54, 1.807) is 6.92 Å². The van der Waals surface area contributed by atoms with Crippen LogP contribution in [0.15, 0.2) is 29.6 Å². The SMILES string of the molecule is CCOC(=O)c1cnc(S[C@H](CC)C(=O)Nc2ccc(C)cc2C)nc1N. The summed E-state index contributed by atoms with van der Waals surface area (Å²) in [5.41, 5.74) is 8.88. The summed E-state index contributed by atoms with van der Waals surface area (Å²) in [7, 11) is 0. The molecule has 0 radical (unpaired) electrons. The van der Waals surface area contributed by atoms with Crippen LogP contribution < -0.4 is 11.1 Å². The highest BCUT2D eigenvalue weighted by Crippen LogP contribution is 2.26. The molecule has 0 aliphatic carbocycles. The topological polar surface area (TPSA) is 107 Å². The van der Waals surface area contributed by atoms with Gasteiger partial charge in [-0.2, -0.15) is 0 Å². The summed E-state index contributed by atoms with van der Waals surface area (Å²) in [6.45, 7) is 7.82. The predicted molar refractivity (Wildman–Crippen MR) is 107 cm³/mol. The smallest absolute Gasteiger partial charge is 0.343 e. The van der Waals surface area contributed by atoms with Crippen LogP contribution in [0.3, 0.4) is 0 Å². The first-order valence-corrected chi connectivity index (χ1v) is 9.58. The number of hydrogen-bond donors (Lipinski definition) is 2. The molecule has 0 unspecified atom stereocenters. The highest BCUT2D eigenvalue weighted by molar-refractivity contribution is 8.00. The Labute approximate surface area is 163 Å². The number of anilines is 2.